The van der Waals surface area contributed by atoms with E-state index in [1.807, 2.05) is 6.92 Å². The molecule has 0 amide bonds. The lowest BCUT2D eigenvalue weighted by Crippen LogP contribution is -2.29. The number of phosphoric acid groups is 1. The summed E-state index contributed by atoms with van der Waals surface area (Å²) in [5, 5.41) is 0. The molecule has 3 N–H and O–H groups in total. The van der Waals surface area contributed by atoms with Gasteiger partial charge in [0, 0.05) is 19.4 Å². The average molecular weight is 578 g/mol. The van der Waals surface area contributed by atoms with Gasteiger partial charge in [0.05, 0.1) is 13.2 Å². The van der Waals surface area contributed by atoms with Crippen molar-refractivity contribution < 1.29 is 37.6 Å². The molecule has 0 aromatic carbocycles. The van der Waals surface area contributed by atoms with Crippen molar-refractivity contribution in [1.82, 2.24) is 0 Å². The maximum atomic E-state index is 12.3. The number of hydrogen-bond donors (Lipinski definition) is 2. The van der Waals surface area contributed by atoms with Crippen molar-refractivity contribution in [3.8, 4) is 0 Å². The molecule has 0 aliphatic heterocycles. The first-order valence-corrected chi connectivity index (χ1v) is 16.7. The monoisotopic (exact) mass is 577 g/mol. The van der Waals surface area contributed by atoms with Crippen LogP contribution in [0, 0.1) is 0 Å². The van der Waals surface area contributed by atoms with Crippen LogP contribution in [0.1, 0.15) is 129 Å². The first-order chi connectivity index (χ1) is 18.8. The summed E-state index contributed by atoms with van der Waals surface area (Å²) in [6.45, 7) is 3.42. The minimum atomic E-state index is -4.34. The quantitative estimate of drug-likeness (QED) is 0.0430. The molecule has 0 rings (SSSR count). The number of rotatable bonds is 28. The molecule has 0 aliphatic carbocycles. The first kappa shape index (κ1) is 37.8. The lowest BCUT2D eigenvalue weighted by Gasteiger charge is -2.19. The second kappa shape index (κ2) is 26.9. The number of unbranched alkanes of at least 4 members (excludes halogenated alkanes) is 13. The molecule has 0 heterocycles. The van der Waals surface area contributed by atoms with Crippen LogP contribution in [0.2, 0.25) is 0 Å². The van der Waals surface area contributed by atoms with Gasteiger partial charge in [-0.05, 0) is 38.5 Å². The van der Waals surface area contributed by atoms with E-state index in [4.69, 9.17) is 19.7 Å². The summed E-state index contributed by atoms with van der Waals surface area (Å²) < 4.78 is 32.0. The van der Waals surface area contributed by atoms with Gasteiger partial charge in [-0.15, -0.1) is 0 Å². The highest BCUT2D eigenvalue weighted by Gasteiger charge is 2.25. The Morgan fingerprint density at radius 1 is 0.744 bits per heavy atom. The Morgan fingerprint density at radius 2 is 1.28 bits per heavy atom. The molecule has 2 atom stereocenters. The summed E-state index contributed by atoms with van der Waals surface area (Å²) >= 11 is 0. The molecule has 39 heavy (non-hydrogen) atoms. The van der Waals surface area contributed by atoms with Crippen molar-refractivity contribution >= 4 is 19.8 Å². The summed E-state index contributed by atoms with van der Waals surface area (Å²) in [4.78, 5) is 33.8. The number of esters is 2. The molecule has 230 valence electrons. The normalized spacial score (nSPS) is 13.8. The van der Waals surface area contributed by atoms with Gasteiger partial charge in [0.2, 0.25) is 0 Å². The lowest BCUT2D eigenvalue weighted by molar-refractivity contribution is -0.161. The summed E-state index contributed by atoms with van der Waals surface area (Å²) in [5.74, 6) is -0.880. The number of phosphoric ester groups is 1. The van der Waals surface area contributed by atoms with Gasteiger partial charge in [0.15, 0.2) is 6.10 Å². The summed E-state index contributed by atoms with van der Waals surface area (Å²) in [6, 6.07) is 0. The summed E-state index contributed by atoms with van der Waals surface area (Å²) in [6.07, 6.45) is 22.2. The number of allylic oxidation sites excluding steroid dienone is 2. The van der Waals surface area contributed by atoms with E-state index in [1.54, 1.807) is 0 Å². The number of carbonyl (C=O) groups is 2. The van der Waals surface area contributed by atoms with Crippen molar-refractivity contribution in [2.75, 3.05) is 26.4 Å². The topological polar surface area (TPSA) is 134 Å². The Labute approximate surface area is 237 Å². The molecular formula is C29H56NO8P. The van der Waals surface area contributed by atoms with Crippen LogP contribution in [0.25, 0.3) is 0 Å². The second-order valence-corrected chi connectivity index (χ2v) is 11.4. The van der Waals surface area contributed by atoms with Crippen LogP contribution in [0.3, 0.4) is 0 Å². The molecule has 0 spiro atoms. The zero-order chi connectivity index (χ0) is 29.0. The van der Waals surface area contributed by atoms with Crippen molar-refractivity contribution in [3.05, 3.63) is 12.2 Å². The fourth-order valence-electron chi connectivity index (χ4n) is 3.84. The third-order valence-corrected chi connectivity index (χ3v) is 7.14. The van der Waals surface area contributed by atoms with Crippen molar-refractivity contribution in [2.45, 2.75) is 136 Å². The standard InChI is InChI=1S/C29H56NO8P/c1-3-5-7-8-9-10-11-12-13-14-15-16-17-18-19-20-22-29(32)38-27(25-35-28(31)21-6-4-2)26-37-39(33,34)36-24-23-30/h13-14,27H,3-12,15-26,30H2,1-2H3,(H,33,34)/b14-13-. The fraction of sp³-hybridized carbons (Fsp3) is 0.862. The maximum Gasteiger partial charge on any atom is 0.472 e. The number of carbonyl (C=O) groups excluding carboxylic acids is 2. The van der Waals surface area contributed by atoms with E-state index in [2.05, 4.69) is 23.6 Å². The summed E-state index contributed by atoms with van der Waals surface area (Å²) in [5.41, 5.74) is 5.27. The first-order valence-electron chi connectivity index (χ1n) is 15.2. The van der Waals surface area contributed by atoms with Crippen LogP contribution in [0.4, 0.5) is 0 Å². The maximum absolute atomic E-state index is 12.3. The zero-order valence-corrected chi connectivity index (χ0v) is 25.5. The average Bonchev–Trinajstić information content (AvgIpc) is 2.92. The van der Waals surface area contributed by atoms with Crippen molar-refractivity contribution in [3.63, 3.8) is 0 Å². The summed E-state index contributed by atoms with van der Waals surface area (Å²) in [7, 11) is -4.34. The highest BCUT2D eigenvalue weighted by molar-refractivity contribution is 7.47. The highest BCUT2D eigenvalue weighted by atomic mass is 31.2. The Bertz CT molecular complexity index is 674. The third kappa shape index (κ3) is 26.7. The van der Waals surface area contributed by atoms with Crippen LogP contribution in [-0.2, 0) is 32.7 Å². The Kier molecular flexibility index (Phi) is 26.1. The molecule has 0 aliphatic rings. The largest absolute Gasteiger partial charge is 0.472 e. The van der Waals surface area contributed by atoms with E-state index < -0.39 is 32.5 Å². The van der Waals surface area contributed by atoms with E-state index in [9.17, 15) is 19.0 Å². The van der Waals surface area contributed by atoms with Crippen LogP contribution in [-0.4, -0.2) is 49.3 Å². The molecule has 0 fully saturated rings. The van der Waals surface area contributed by atoms with E-state index in [-0.39, 0.29) is 32.6 Å². The van der Waals surface area contributed by atoms with Gasteiger partial charge in [-0.3, -0.25) is 18.6 Å². The fourth-order valence-corrected chi connectivity index (χ4v) is 4.60. The van der Waals surface area contributed by atoms with Gasteiger partial charge in [0.25, 0.3) is 0 Å². The molecule has 10 heteroatoms. The molecule has 0 aromatic rings. The predicted molar refractivity (Wildman–Crippen MR) is 155 cm³/mol. The van der Waals surface area contributed by atoms with E-state index in [1.165, 1.54) is 51.4 Å². The minimum absolute atomic E-state index is 0.0530. The van der Waals surface area contributed by atoms with Crippen molar-refractivity contribution in [2.24, 2.45) is 5.73 Å². The molecule has 0 radical (unpaired) electrons. The predicted octanol–water partition coefficient (Wildman–Crippen LogP) is 7.15. The zero-order valence-electron chi connectivity index (χ0n) is 24.6. The minimum Gasteiger partial charge on any atom is -0.462 e. The van der Waals surface area contributed by atoms with Gasteiger partial charge < -0.3 is 20.1 Å². The SMILES string of the molecule is CCCCCCCCC/C=C\CCCCCCCC(=O)OC(COC(=O)CCCC)COP(=O)(O)OCCN. The Morgan fingerprint density at radius 3 is 1.87 bits per heavy atom. The molecular weight excluding hydrogens is 521 g/mol. The third-order valence-electron chi connectivity index (χ3n) is 6.15. The van der Waals surface area contributed by atoms with Crippen LogP contribution in [0.15, 0.2) is 12.2 Å². The van der Waals surface area contributed by atoms with Gasteiger partial charge in [-0.25, -0.2) is 4.57 Å². The number of nitrogens with two attached hydrogens (primary N) is 1. The Balaban J connectivity index is 4.08. The number of hydrogen-bond acceptors (Lipinski definition) is 8. The van der Waals surface area contributed by atoms with Gasteiger partial charge in [-0.2, -0.15) is 0 Å². The van der Waals surface area contributed by atoms with Gasteiger partial charge in [0.1, 0.15) is 6.61 Å². The van der Waals surface area contributed by atoms with Gasteiger partial charge in [-0.1, -0.05) is 90.2 Å². The molecule has 0 aromatic heterocycles. The van der Waals surface area contributed by atoms with Crippen LogP contribution >= 0.6 is 7.82 Å². The molecule has 0 saturated heterocycles. The van der Waals surface area contributed by atoms with E-state index in [0.717, 1.165) is 38.5 Å². The lowest BCUT2D eigenvalue weighted by atomic mass is 10.1. The van der Waals surface area contributed by atoms with E-state index in [0.29, 0.717) is 12.8 Å². The van der Waals surface area contributed by atoms with Crippen molar-refractivity contribution in [1.29, 1.82) is 0 Å². The smallest absolute Gasteiger partial charge is 0.462 e. The molecule has 9 nitrogen and oxygen atoms in total. The van der Waals surface area contributed by atoms with Crippen LogP contribution < -0.4 is 5.73 Å². The van der Waals surface area contributed by atoms with Crippen LogP contribution in [0.5, 0.6) is 0 Å². The number of ether oxygens (including phenoxy) is 2. The van der Waals surface area contributed by atoms with Gasteiger partial charge >= 0.3 is 19.8 Å². The molecule has 2 unspecified atom stereocenters. The molecule has 0 bridgehead atoms. The highest BCUT2D eigenvalue weighted by Crippen LogP contribution is 2.43. The molecule has 0 saturated carbocycles. The Hall–Kier alpha value is -1.25. The second-order valence-electron chi connectivity index (χ2n) is 9.97. The van der Waals surface area contributed by atoms with E-state index >= 15 is 0 Å².